The Hall–Kier alpha value is -4.42. The van der Waals surface area contributed by atoms with E-state index in [1.807, 2.05) is 0 Å². The summed E-state index contributed by atoms with van der Waals surface area (Å²) in [6, 6.07) is 39.6. The molecule has 0 amide bonds. The molecule has 5 aromatic carbocycles. The van der Waals surface area contributed by atoms with Crippen LogP contribution in [0.4, 0.5) is 0 Å². The maximum atomic E-state index is 2.46. The number of benzene rings is 5. The largest absolute Gasteiger partial charge is 0.0767 e. The second-order valence-electron chi connectivity index (χ2n) is 9.67. The van der Waals surface area contributed by atoms with Crippen molar-refractivity contribution in [3.05, 3.63) is 156 Å². The molecule has 1 atom stereocenters. The smallest absolute Gasteiger partial charge is 0.00678 e. The molecule has 1 unspecified atom stereocenters. The Morgan fingerprint density at radius 1 is 0.500 bits per heavy atom. The van der Waals surface area contributed by atoms with E-state index in [-0.39, 0.29) is 0 Å². The third kappa shape index (κ3) is 3.38. The van der Waals surface area contributed by atoms with Gasteiger partial charge in [0.1, 0.15) is 0 Å². The maximum absolute atomic E-state index is 2.46. The fourth-order valence-corrected chi connectivity index (χ4v) is 6.01. The third-order valence-electron chi connectivity index (χ3n) is 7.61. The fraction of sp³-hybridized carbons (Fsp3) is 0.0556. The molecule has 2 aliphatic carbocycles. The normalized spacial score (nSPS) is 16.9. The van der Waals surface area contributed by atoms with Crippen molar-refractivity contribution in [2.45, 2.75) is 6.42 Å². The van der Waals surface area contributed by atoms with Crippen LogP contribution < -0.4 is 0 Å². The molecule has 0 saturated heterocycles. The second-order valence-corrected chi connectivity index (χ2v) is 9.67. The summed E-state index contributed by atoms with van der Waals surface area (Å²) >= 11 is 0. The van der Waals surface area contributed by atoms with Crippen LogP contribution in [-0.2, 0) is 0 Å². The van der Waals surface area contributed by atoms with Crippen LogP contribution in [0.2, 0.25) is 0 Å². The average Bonchev–Trinajstić information content (AvgIpc) is 2.96. The Bertz CT molecular complexity index is 1670. The predicted octanol–water partition coefficient (Wildman–Crippen LogP) is 9.64. The van der Waals surface area contributed by atoms with Crippen molar-refractivity contribution in [2.24, 2.45) is 5.92 Å². The molecular weight excluding hydrogens is 432 g/mol. The van der Waals surface area contributed by atoms with Gasteiger partial charge in [-0.05, 0) is 66.9 Å². The van der Waals surface area contributed by atoms with Crippen LogP contribution in [0.15, 0.2) is 145 Å². The fourth-order valence-electron chi connectivity index (χ4n) is 6.01. The lowest BCUT2D eigenvalue weighted by molar-refractivity contribution is 0.797. The molecule has 36 heavy (non-hydrogen) atoms. The van der Waals surface area contributed by atoms with Gasteiger partial charge in [-0.2, -0.15) is 0 Å². The van der Waals surface area contributed by atoms with E-state index in [9.17, 15) is 0 Å². The molecule has 170 valence electrons. The van der Waals surface area contributed by atoms with Gasteiger partial charge in [-0.3, -0.25) is 0 Å². The van der Waals surface area contributed by atoms with Crippen LogP contribution in [0.3, 0.4) is 0 Å². The number of allylic oxidation sites excluding steroid dienone is 8. The summed E-state index contributed by atoms with van der Waals surface area (Å²) in [4.78, 5) is 0. The molecule has 0 radical (unpaired) electrons. The number of hydrogen-bond acceptors (Lipinski definition) is 0. The molecule has 0 aliphatic heterocycles. The monoisotopic (exact) mass is 458 g/mol. The molecule has 0 bridgehead atoms. The van der Waals surface area contributed by atoms with Gasteiger partial charge in [0, 0.05) is 5.92 Å². The lowest BCUT2D eigenvalue weighted by atomic mass is 9.75. The Morgan fingerprint density at radius 2 is 1.03 bits per heavy atom. The van der Waals surface area contributed by atoms with Gasteiger partial charge in [0.25, 0.3) is 0 Å². The van der Waals surface area contributed by atoms with Gasteiger partial charge in [-0.25, -0.2) is 0 Å². The molecule has 0 heterocycles. The number of fused-ring (bicyclic) bond motifs is 3. The molecular formula is C36H26. The van der Waals surface area contributed by atoms with Gasteiger partial charge < -0.3 is 0 Å². The Balaban J connectivity index is 1.61. The first-order valence-electron chi connectivity index (χ1n) is 12.7. The minimum atomic E-state index is 0.386. The standard InChI is InChI=1S/C36H26/c1-3-13-25(14-4-1)28-23-27-17-7-8-18-29(27)34(24-28)36-32-21-11-9-19-30(32)35(26-15-5-2-6-16-26)31-20-10-12-22-33(31)36/h1-22,24,27H,23H2. The van der Waals surface area contributed by atoms with E-state index in [0.717, 1.165) is 6.42 Å². The quantitative estimate of drug-likeness (QED) is 0.236. The highest BCUT2D eigenvalue weighted by molar-refractivity contribution is 6.20. The van der Waals surface area contributed by atoms with Crippen molar-refractivity contribution in [1.82, 2.24) is 0 Å². The Morgan fingerprint density at radius 3 is 1.64 bits per heavy atom. The van der Waals surface area contributed by atoms with Crippen molar-refractivity contribution in [2.75, 3.05) is 0 Å². The zero-order valence-electron chi connectivity index (χ0n) is 20.1. The minimum absolute atomic E-state index is 0.386. The second kappa shape index (κ2) is 8.66. The third-order valence-corrected chi connectivity index (χ3v) is 7.61. The van der Waals surface area contributed by atoms with E-state index in [1.165, 1.54) is 60.5 Å². The summed E-state index contributed by atoms with van der Waals surface area (Å²) in [5, 5.41) is 5.23. The summed E-state index contributed by atoms with van der Waals surface area (Å²) in [7, 11) is 0. The Labute approximate surface area is 212 Å². The summed E-state index contributed by atoms with van der Waals surface area (Å²) < 4.78 is 0. The SMILES string of the molecule is C1=CC2=C(c3c4ccccc4c(-c4ccccc4)c4ccccc34)C=C(c3ccccc3)CC2C=C1. The molecule has 0 spiro atoms. The molecule has 0 saturated carbocycles. The van der Waals surface area contributed by atoms with E-state index < -0.39 is 0 Å². The Kier molecular flexibility index (Phi) is 5.03. The molecule has 0 nitrogen and oxygen atoms in total. The van der Waals surface area contributed by atoms with Gasteiger partial charge in [0.2, 0.25) is 0 Å². The van der Waals surface area contributed by atoms with Crippen molar-refractivity contribution in [3.8, 4) is 11.1 Å². The highest BCUT2D eigenvalue weighted by atomic mass is 14.3. The highest BCUT2D eigenvalue weighted by Crippen LogP contribution is 2.47. The molecule has 0 aromatic heterocycles. The molecule has 7 rings (SSSR count). The van der Waals surface area contributed by atoms with Gasteiger partial charge in [0.15, 0.2) is 0 Å². The lowest BCUT2D eigenvalue weighted by Crippen LogP contribution is -2.11. The van der Waals surface area contributed by atoms with Crippen LogP contribution in [0.25, 0.3) is 43.8 Å². The van der Waals surface area contributed by atoms with Crippen molar-refractivity contribution >= 4 is 32.7 Å². The molecule has 5 aromatic rings. The summed E-state index contributed by atoms with van der Waals surface area (Å²) in [6.45, 7) is 0. The zero-order chi connectivity index (χ0) is 23.9. The topological polar surface area (TPSA) is 0 Å². The number of hydrogen-bond donors (Lipinski definition) is 0. The minimum Gasteiger partial charge on any atom is -0.0767 e. The highest BCUT2D eigenvalue weighted by Gasteiger charge is 2.26. The van der Waals surface area contributed by atoms with E-state index in [0.29, 0.717) is 5.92 Å². The predicted molar refractivity (Wildman–Crippen MR) is 155 cm³/mol. The zero-order valence-corrected chi connectivity index (χ0v) is 20.1. The van der Waals surface area contributed by atoms with Crippen molar-refractivity contribution < 1.29 is 0 Å². The first-order valence-corrected chi connectivity index (χ1v) is 12.7. The summed E-state index contributed by atoms with van der Waals surface area (Å²) in [5.41, 5.74) is 9.39. The van der Waals surface area contributed by atoms with Gasteiger partial charge >= 0.3 is 0 Å². The molecule has 2 aliphatic rings. The molecule has 0 N–H and O–H groups in total. The van der Waals surface area contributed by atoms with Gasteiger partial charge in [-0.15, -0.1) is 0 Å². The summed E-state index contributed by atoms with van der Waals surface area (Å²) in [5.74, 6) is 0.386. The van der Waals surface area contributed by atoms with E-state index in [1.54, 1.807) is 0 Å². The van der Waals surface area contributed by atoms with Crippen LogP contribution in [0, 0.1) is 5.92 Å². The van der Waals surface area contributed by atoms with Gasteiger partial charge in [-0.1, -0.05) is 140 Å². The van der Waals surface area contributed by atoms with Crippen LogP contribution in [0.5, 0.6) is 0 Å². The van der Waals surface area contributed by atoms with Crippen LogP contribution >= 0.6 is 0 Å². The average molecular weight is 459 g/mol. The van der Waals surface area contributed by atoms with Gasteiger partial charge in [0.05, 0.1) is 0 Å². The first kappa shape index (κ1) is 20.9. The first-order chi connectivity index (χ1) is 17.9. The molecule has 0 heteroatoms. The lowest BCUT2D eigenvalue weighted by Gasteiger charge is -2.29. The maximum Gasteiger partial charge on any atom is 0.00678 e. The van der Waals surface area contributed by atoms with E-state index in [2.05, 4.69) is 140 Å². The van der Waals surface area contributed by atoms with Crippen molar-refractivity contribution in [1.29, 1.82) is 0 Å². The van der Waals surface area contributed by atoms with E-state index >= 15 is 0 Å². The number of rotatable bonds is 3. The van der Waals surface area contributed by atoms with E-state index in [4.69, 9.17) is 0 Å². The van der Waals surface area contributed by atoms with Crippen LogP contribution in [0.1, 0.15) is 17.5 Å². The van der Waals surface area contributed by atoms with Crippen LogP contribution in [-0.4, -0.2) is 0 Å². The summed E-state index contributed by atoms with van der Waals surface area (Å²) in [6.07, 6.45) is 12.6. The van der Waals surface area contributed by atoms with Crippen molar-refractivity contribution in [3.63, 3.8) is 0 Å². The molecule has 0 fully saturated rings.